The highest BCUT2D eigenvalue weighted by Crippen LogP contribution is 2.23. The van der Waals surface area contributed by atoms with Crippen LogP contribution in [0.25, 0.3) is 0 Å². The molecule has 88 valence electrons. The van der Waals surface area contributed by atoms with Crippen LogP contribution in [0.3, 0.4) is 0 Å². The first kappa shape index (κ1) is 13.2. The van der Waals surface area contributed by atoms with Crippen molar-refractivity contribution < 1.29 is 9.18 Å². The lowest BCUT2D eigenvalue weighted by atomic mass is 10.1. The fourth-order valence-corrected chi connectivity index (χ4v) is 1.75. The first-order valence-corrected chi connectivity index (χ1v) is 5.95. The van der Waals surface area contributed by atoms with Crippen LogP contribution in [0.2, 0.25) is 0 Å². The second-order valence-corrected chi connectivity index (χ2v) is 4.95. The monoisotopic (exact) mass is 287 g/mol. The molecule has 16 heavy (non-hydrogen) atoms. The molecule has 0 aliphatic carbocycles. The molecule has 1 aromatic rings. The number of rotatable bonds is 3. The molecule has 0 bridgehead atoms. The standard InChI is InChI=1S/C12H15BrFNO/c1-7(2)6-15-12(16)10-9(14)5-4-8(3)11(10)13/h4-5,7H,6H2,1-3H3,(H,15,16). The van der Waals surface area contributed by atoms with Crippen LogP contribution >= 0.6 is 15.9 Å². The summed E-state index contributed by atoms with van der Waals surface area (Å²) in [5.74, 6) is -0.531. The van der Waals surface area contributed by atoms with Crippen LogP contribution in [0.15, 0.2) is 16.6 Å². The zero-order valence-electron chi connectivity index (χ0n) is 9.60. The Labute approximate surface area is 103 Å². The minimum absolute atomic E-state index is 0.0839. The summed E-state index contributed by atoms with van der Waals surface area (Å²) in [4.78, 5) is 11.8. The number of halogens is 2. The number of carbonyl (C=O) groups excluding carboxylic acids is 1. The third-order valence-electron chi connectivity index (χ3n) is 2.18. The Morgan fingerprint density at radius 1 is 1.50 bits per heavy atom. The molecular formula is C12H15BrFNO. The number of benzene rings is 1. The zero-order valence-corrected chi connectivity index (χ0v) is 11.2. The van der Waals surface area contributed by atoms with Crippen molar-refractivity contribution in [1.29, 1.82) is 0 Å². The second-order valence-electron chi connectivity index (χ2n) is 4.16. The van der Waals surface area contributed by atoms with Crippen molar-refractivity contribution in [2.75, 3.05) is 6.54 Å². The topological polar surface area (TPSA) is 29.1 Å². The maximum Gasteiger partial charge on any atom is 0.255 e. The normalized spacial score (nSPS) is 10.6. The van der Waals surface area contributed by atoms with Crippen LogP contribution in [-0.4, -0.2) is 12.5 Å². The molecule has 0 unspecified atom stereocenters. The largest absolute Gasteiger partial charge is 0.352 e. The molecule has 1 N–H and O–H groups in total. The van der Waals surface area contributed by atoms with Crippen LogP contribution in [-0.2, 0) is 0 Å². The van der Waals surface area contributed by atoms with Gasteiger partial charge >= 0.3 is 0 Å². The van der Waals surface area contributed by atoms with Gasteiger partial charge in [0, 0.05) is 11.0 Å². The minimum atomic E-state index is -0.501. The van der Waals surface area contributed by atoms with Crippen LogP contribution < -0.4 is 5.32 Å². The first-order valence-electron chi connectivity index (χ1n) is 5.16. The van der Waals surface area contributed by atoms with E-state index >= 15 is 0 Å². The van der Waals surface area contributed by atoms with E-state index in [1.807, 2.05) is 20.8 Å². The smallest absolute Gasteiger partial charge is 0.255 e. The zero-order chi connectivity index (χ0) is 12.3. The highest BCUT2D eigenvalue weighted by atomic mass is 79.9. The summed E-state index contributed by atoms with van der Waals surface area (Å²) in [5, 5.41) is 2.70. The molecule has 0 saturated carbocycles. The van der Waals surface area contributed by atoms with E-state index in [-0.39, 0.29) is 11.5 Å². The van der Waals surface area contributed by atoms with Gasteiger partial charge in [-0.2, -0.15) is 0 Å². The molecule has 0 aliphatic rings. The van der Waals surface area contributed by atoms with Gasteiger partial charge in [0.05, 0.1) is 5.56 Å². The Bertz CT molecular complexity index is 404. The van der Waals surface area contributed by atoms with E-state index < -0.39 is 5.82 Å². The van der Waals surface area contributed by atoms with E-state index in [4.69, 9.17) is 0 Å². The molecule has 0 saturated heterocycles. The highest BCUT2D eigenvalue weighted by molar-refractivity contribution is 9.10. The molecule has 1 aromatic carbocycles. The number of hydrogen-bond acceptors (Lipinski definition) is 1. The number of carbonyl (C=O) groups is 1. The van der Waals surface area contributed by atoms with Gasteiger partial charge in [-0.3, -0.25) is 4.79 Å². The fourth-order valence-electron chi connectivity index (χ4n) is 1.25. The third-order valence-corrected chi connectivity index (χ3v) is 3.20. The summed E-state index contributed by atoms with van der Waals surface area (Å²) in [6.45, 7) is 6.34. The Hall–Kier alpha value is -0.900. The van der Waals surface area contributed by atoms with Crippen molar-refractivity contribution in [3.63, 3.8) is 0 Å². The molecule has 0 fully saturated rings. The van der Waals surface area contributed by atoms with Gasteiger partial charge in [-0.25, -0.2) is 4.39 Å². The van der Waals surface area contributed by atoms with Crippen LogP contribution in [0.4, 0.5) is 4.39 Å². The maximum absolute atomic E-state index is 13.5. The molecule has 0 spiro atoms. The number of hydrogen-bond donors (Lipinski definition) is 1. The Balaban J connectivity index is 2.95. The van der Waals surface area contributed by atoms with Gasteiger partial charge in [0.25, 0.3) is 5.91 Å². The van der Waals surface area contributed by atoms with Gasteiger partial charge in [0.2, 0.25) is 0 Å². The lowest BCUT2D eigenvalue weighted by Crippen LogP contribution is -2.28. The molecule has 1 rings (SSSR count). The molecule has 0 aliphatic heterocycles. The quantitative estimate of drug-likeness (QED) is 0.908. The molecule has 0 heterocycles. The highest BCUT2D eigenvalue weighted by Gasteiger charge is 2.16. The van der Waals surface area contributed by atoms with Crippen LogP contribution in [0.1, 0.15) is 29.8 Å². The van der Waals surface area contributed by atoms with Crippen molar-refractivity contribution in [3.8, 4) is 0 Å². The number of aryl methyl sites for hydroxylation is 1. The van der Waals surface area contributed by atoms with Gasteiger partial charge < -0.3 is 5.32 Å². The van der Waals surface area contributed by atoms with Gasteiger partial charge in [0.15, 0.2) is 0 Å². The average Bonchev–Trinajstić information content (AvgIpc) is 2.21. The van der Waals surface area contributed by atoms with Crippen LogP contribution in [0.5, 0.6) is 0 Å². The third kappa shape index (κ3) is 3.04. The van der Waals surface area contributed by atoms with E-state index in [9.17, 15) is 9.18 Å². The van der Waals surface area contributed by atoms with E-state index in [2.05, 4.69) is 21.2 Å². The van der Waals surface area contributed by atoms with Gasteiger partial charge in [0.1, 0.15) is 5.82 Å². The molecule has 0 radical (unpaired) electrons. The average molecular weight is 288 g/mol. The predicted octanol–water partition coefficient (Wildman–Crippen LogP) is 3.28. The molecule has 0 aromatic heterocycles. The van der Waals surface area contributed by atoms with E-state index in [1.165, 1.54) is 6.07 Å². The van der Waals surface area contributed by atoms with Crippen molar-refractivity contribution in [2.24, 2.45) is 5.92 Å². The van der Waals surface area contributed by atoms with E-state index in [1.54, 1.807) is 6.07 Å². The molecule has 1 amide bonds. The molecule has 0 atom stereocenters. The molecule has 2 nitrogen and oxygen atoms in total. The number of nitrogens with one attached hydrogen (secondary N) is 1. The Morgan fingerprint density at radius 3 is 2.69 bits per heavy atom. The summed E-state index contributed by atoms with van der Waals surface area (Å²) < 4.78 is 14.0. The fraction of sp³-hybridized carbons (Fsp3) is 0.417. The summed E-state index contributed by atoms with van der Waals surface area (Å²) in [6.07, 6.45) is 0. The summed E-state index contributed by atoms with van der Waals surface area (Å²) in [5.41, 5.74) is 0.928. The van der Waals surface area contributed by atoms with E-state index in [0.29, 0.717) is 16.9 Å². The van der Waals surface area contributed by atoms with Gasteiger partial charge in [-0.05, 0) is 40.4 Å². The maximum atomic E-state index is 13.5. The van der Waals surface area contributed by atoms with Crippen molar-refractivity contribution in [1.82, 2.24) is 5.32 Å². The van der Waals surface area contributed by atoms with Crippen molar-refractivity contribution >= 4 is 21.8 Å². The summed E-state index contributed by atoms with van der Waals surface area (Å²) in [7, 11) is 0. The minimum Gasteiger partial charge on any atom is -0.352 e. The lowest BCUT2D eigenvalue weighted by molar-refractivity contribution is 0.0944. The van der Waals surface area contributed by atoms with Gasteiger partial charge in [-0.1, -0.05) is 19.9 Å². The predicted molar refractivity (Wildman–Crippen MR) is 66.0 cm³/mol. The lowest BCUT2D eigenvalue weighted by Gasteiger charge is -2.11. The van der Waals surface area contributed by atoms with Crippen molar-refractivity contribution in [3.05, 3.63) is 33.5 Å². The summed E-state index contributed by atoms with van der Waals surface area (Å²) >= 11 is 3.24. The van der Waals surface area contributed by atoms with Gasteiger partial charge in [-0.15, -0.1) is 0 Å². The Kier molecular flexibility index (Phi) is 4.47. The first-order chi connectivity index (χ1) is 7.43. The SMILES string of the molecule is Cc1ccc(F)c(C(=O)NCC(C)C)c1Br. The van der Waals surface area contributed by atoms with E-state index in [0.717, 1.165) is 5.56 Å². The Morgan fingerprint density at radius 2 is 2.12 bits per heavy atom. The molecule has 4 heteroatoms. The number of amides is 1. The molecular weight excluding hydrogens is 273 g/mol. The summed E-state index contributed by atoms with van der Waals surface area (Å²) in [6, 6.07) is 2.95. The van der Waals surface area contributed by atoms with Crippen LogP contribution in [0, 0.1) is 18.7 Å². The van der Waals surface area contributed by atoms with Crippen molar-refractivity contribution in [2.45, 2.75) is 20.8 Å². The second kappa shape index (κ2) is 5.43.